The van der Waals surface area contributed by atoms with Gasteiger partial charge in [0, 0.05) is 54.7 Å². The topological polar surface area (TPSA) is 43.2 Å². The van der Waals surface area contributed by atoms with Gasteiger partial charge in [-0.15, -0.1) is 0 Å². The molecule has 5 rings (SSSR count). The zero-order valence-corrected chi connectivity index (χ0v) is 18.1. The van der Waals surface area contributed by atoms with Gasteiger partial charge in [-0.2, -0.15) is 18.3 Å². The lowest BCUT2D eigenvalue weighted by Crippen LogP contribution is -2.46. The highest BCUT2D eigenvalue weighted by atomic mass is 19.4. The largest absolute Gasteiger partial charge is 0.417 e. The molecule has 2 aromatic rings. The maximum Gasteiger partial charge on any atom is 0.417 e. The second-order valence-electron chi connectivity index (χ2n) is 9.61. The normalized spacial score (nSPS) is 31.3. The molecule has 1 aliphatic heterocycles. The third-order valence-corrected chi connectivity index (χ3v) is 7.17. The lowest BCUT2D eigenvalue weighted by molar-refractivity contribution is -0.137. The molecule has 0 radical (unpaired) electrons. The van der Waals surface area contributed by atoms with E-state index in [1.807, 2.05) is 10.7 Å². The Balaban J connectivity index is 1.35. The van der Waals surface area contributed by atoms with Crippen LogP contribution in [0.5, 0.6) is 0 Å². The number of morpholine rings is 1. The number of hydrogen-bond donors (Lipinski definition) is 0. The zero-order valence-electron chi connectivity index (χ0n) is 18.1. The summed E-state index contributed by atoms with van der Waals surface area (Å²) in [7, 11) is 0. The molecule has 31 heavy (non-hydrogen) atoms. The first-order valence-electron chi connectivity index (χ1n) is 11.2. The second-order valence-corrected chi connectivity index (χ2v) is 9.61. The Bertz CT molecular complexity index is 945. The lowest BCUT2D eigenvalue weighted by atomic mass is 10.0. The predicted octanol–water partition coefficient (Wildman–Crippen LogP) is 4.76. The van der Waals surface area contributed by atoms with Crippen molar-refractivity contribution >= 4 is 0 Å². The number of aromatic nitrogens is 3. The number of pyridine rings is 1. The van der Waals surface area contributed by atoms with Crippen LogP contribution in [0.2, 0.25) is 0 Å². The quantitative estimate of drug-likeness (QED) is 0.696. The molecule has 5 atom stereocenters. The number of halogens is 3. The third kappa shape index (κ3) is 3.89. The molecule has 2 saturated carbocycles. The van der Waals surface area contributed by atoms with Gasteiger partial charge in [0.05, 0.1) is 24.0 Å². The molecule has 0 N–H and O–H groups in total. The summed E-state index contributed by atoms with van der Waals surface area (Å²) < 4.78 is 47.1. The summed E-state index contributed by atoms with van der Waals surface area (Å²) in [5, 5.41) is 4.69. The van der Waals surface area contributed by atoms with Gasteiger partial charge in [-0.1, -0.05) is 0 Å². The van der Waals surface area contributed by atoms with Crippen LogP contribution in [-0.2, 0) is 10.9 Å². The van der Waals surface area contributed by atoms with Gasteiger partial charge in [-0.25, -0.2) is 0 Å². The molecule has 2 aliphatic carbocycles. The summed E-state index contributed by atoms with van der Waals surface area (Å²) in [6, 6.07) is 3.92. The Hall–Kier alpha value is -1.93. The van der Waals surface area contributed by atoms with E-state index >= 15 is 0 Å². The summed E-state index contributed by atoms with van der Waals surface area (Å²) in [5.41, 5.74) is 1.41. The molecule has 168 valence electrons. The molecule has 8 heteroatoms. The number of nitrogens with zero attached hydrogens (tertiary/aromatic N) is 4. The number of rotatable bonds is 4. The van der Waals surface area contributed by atoms with Crippen molar-refractivity contribution in [3.63, 3.8) is 0 Å². The lowest BCUT2D eigenvalue weighted by Gasteiger charge is -2.36. The Morgan fingerprint density at radius 3 is 2.52 bits per heavy atom. The number of ether oxygens (including phenoxy) is 1. The average molecular weight is 435 g/mol. The Labute approximate surface area is 180 Å². The maximum absolute atomic E-state index is 13.1. The molecule has 0 amide bonds. The van der Waals surface area contributed by atoms with E-state index in [9.17, 15) is 13.2 Å². The first-order chi connectivity index (χ1) is 14.7. The van der Waals surface area contributed by atoms with E-state index in [1.165, 1.54) is 19.0 Å². The third-order valence-electron chi connectivity index (χ3n) is 7.17. The van der Waals surface area contributed by atoms with Crippen LogP contribution in [0.25, 0.3) is 11.3 Å². The van der Waals surface area contributed by atoms with Crippen molar-refractivity contribution in [3.05, 3.63) is 35.8 Å². The average Bonchev–Trinajstić information content (AvgIpc) is 3.09. The molecule has 1 saturated heterocycles. The van der Waals surface area contributed by atoms with Crippen molar-refractivity contribution in [2.45, 2.75) is 63.9 Å². The Morgan fingerprint density at radius 1 is 1.13 bits per heavy atom. The fraction of sp³-hybridized carbons (Fsp3) is 0.652. The number of fused-ring (bicyclic) bond motifs is 1. The summed E-state index contributed by atoms with van der Waals surface area (Å²) in [6.45, 7) is 9.10. The highest BCUT2D eigenvalue weighted by molar-refractivity contribution is 5.60. The second kappa shape index (κ2) is 7.59. The van der Waals surface area contributed by atoms with Gasteiger partial charge in [0.15, 0.2) is 0 Å². The molecule has 0 bridgehead atoms. The molecule has 0 spiro atoms. The van der Waals surface area contributed by atoms with Gasteiger partial charge in [-0.05, 0) is 57.6 Å². The zero-order chi connectivity index (χ0) is 21.9. The van der Waals surface area contributed by atoms with Crippen molar-refractivity contribution in [2.75, 3.05) is 19.7 Å². The van der Waals surface area contributed by atoms with Gasteiger partial charge in [0.1, 0.15) is 0 Å². The molecule has 5 nitrogen and oxygen atoms in total. The Morgan fingerprint density at radius 2 is 1.87 bits per heavy atom. The number of hydrogen-bond acceptors (Lipinski definition) is 4. The van der Waals surface area contributed by atoms with Crippen LogP contribution in [0.15, 0.2) is 24.5 Å². The highest BCUT2D eigenvalue weighted by Gasteiger charge is 2.58. The van der Waals surface area contributed by atoms with E-state index in [1.54, 1.807) is 0 Å². The van der Waals surface area contributed by atoms with Crippen LogP contribution in [-0.4, -0.2) is 51.5 Å². The van der Waals surface area contributed by atoms with E-state index in [2.05, 4.69) is 30.7 Å². The minimum Gasteiger partial charge on any atom is -0.376 e. The maximum atomic E-state index is 13.1. The molecule has 3 aliphatic rings. The van der Waals surface area contributed by atoms with Crippen molar-refractivity contribution in [1.29, 1.82) is 0 Å². The molecule has 3 fully saturated rings. The minimum absolute atomic E-state index is 0.153. The standard InChI is InChI=1S/C23H29F3N4O/c1-13(2)30-21(9-20(28-30)15-6-16(11-27-10-15)23(24,25)26)22-18-7-17(8-19(18)22)29-4-5-31-14(3)12-29/h6,9-11,13-14,17-19,22H,4-5,7-8,12H2,1-3H3/t14-,17?,18-,19+,22?/m0/s1. The van der Waals surface area contributed by atoms with Crippen LogP contribution >= 0.6 is 0 Å². The smallest absolute Gasteiger partial charge is 0.376 e. The fourth-order valence-corrected chi connectivity index (χ4v) is 5.67. The van der Waals surface area contributed by atoms with Gasteiger partial charge < -0.3 is 4.74 Å². The summed E-state index contributed by atoms with van der Waals surface area (Å²) >= 11 is 0. The van der Waals surface area contributed by atoms with Crippen molar-refractivity contribution in [2.24, 2.45) is 11.8 Å². The monoisotopic (exact) mass is 434 g/mol. The molecular weight excluding hydrogens is 405 g/mol. The predicted molar refractivity (Wildman–Crippen MR) is 111 cm³/mol. The molecule has 2 unspecified atom stereocenters. The summed E-state index contributed by atoms with van der Waals surface area (Å²) in [6.07, 6.45) is 0.591. The molecule has 0 aromatic carbocycles. The highest BCUT2D eigenvalue weighted by Crippen LogP contribution is 2.64. The molecular formula is C23H29F3N4O. The first kappa shape index (κ1) is 20.9. The van der Waals surface area contributed by atoms with Crippen LogP contribution < -0.4 is 0 Å². The SMILES string of the molecule is CC(C)n1nc(-c2cncc(C(F)(F)F)c2)cc1C1[C@H]2CC(N3CCO[C@@H](C)C3)C[C@@H]12. The van der Waals surface area contributed by atoms with Crippen molar-refractivity contribution in [3.8, 4) is 11.3 Å². The van der Waals surface area contributed by atoms with E-state index in [0.717, 1.165) is 37.7 Å². The van der Waals surface area contributed by atoms with E-state index < -0.39 is 11.7 Å². The van der Waals surface area contributed by atoms with Crippen LogP contribution in [0, 0.1) is 11.8 Å². The van der Waals surface area contributed by atoms with Crippen molar-refractivity contribution in [1.82, 2.24) is 19.7 Å². The van der Waals surface area contributed by atoms with E-state index in [0.29, 0.717) is 41.2 Å². The van der Waals surface area contributed by atoms with Gasteiger partial charge in [0.25, 0.3) is 0 Å². The Kier molecular flexibility index (Phi) is 5.13. The summed E-state index contributed by atoms with van der Waals surface area (Å²) in [4.78, 5) is 6.39. The summed E-state index contributed by atoms with van der Waals surface area (Å²) in [5.74, 6) is 1.74. The van der Waals surface area contributed by atoms with Crippen molar-refractivity contribution < 1.29 is 17.9 Å². The van der Waals surface area contributed by atoms with Gasteiger partial charge in [-0.3, -0.25) is 14.6 Å². The van der Waals surface area contributed by atoms with E-state index in [4.69, 9.17) is 9.84 Å². The fourth-order valence-electron chi connectivity index (χ4n) is 5.67. The first-order valence-corrected chi connectivity index (χ1v) is 11.2. The molecule has 2 aromatic heterocycles. The van der Waals surface area contributed by atoms with Gasteiger partial charge in [0.2, 0.25) is 0 Å². The van der Waals surface area contributed by atoms with Crippen LogP contribution in [0.1, 0.15) is 56.8 Å². The van der Waals surface area contributed by atoms with Crippen LogP contribution in [0.3, 0.4) is 0 Å². The number of alkyl halides is 3. The minimum atomic E-state index is -4.41. The van der Waals surface area contributed by atoms with Gasteiger partial charge >= 0.3 is 6.18 Å². The van der Waals surface area contributed by atoms with E-state index in [-0.39, 0.29) is 6.04 Å². The van der Waals surface area contributed by atoms with Crippen LogP contribution in [0.4, 0.5) is 13.2 Å². The molecule has 3 heterocycles.